The number of nitrogens with two attached hydrogens (primary N) is 1. The number of rotatable bonds is 6. The molecule has 18 heavy (non-hydrogen) atoms. The molecule has 1 aromatic carbocycles. The van der Waals surface area contributed by atoms with Gasteiger partial charge in [0.25, 0.3) is 5.69 Å². The molecule has 1 aliphatic carbocycles. The monoisotopic (exact) mass is 249 g/mol. The lowest BCUT2D eigenvalue weighted by molar-refractivity contribution is -0.384. The molecule has 1 saturated carbocycles. The Morgan fingerprint density at radius 3 is 2.50 bits per heavy atom. The lowest BCUT2D eigenvalue weighted by Crippen LogP contribution is -2.39. The van der Waals surface area contributed by atoms with E-state index in [9.17, 15) is 10.1 Å². The molecule has 1 aliphatic rings. The fourth-order valence-electron chi connectivity index (χ4n) is 2.34. The molecule has 0 amide bonds. The maximum absolute atomic E-state index is 10.6. The standard InChI is InChI=1S/C13H19N3O2/c1-15(13(8-14)11-4-5-11)9-10-2-6-12(7-3-10)16(17)18/h2-3,6-7,11,13H,4-5,8-9,14H2,1H3. The third-order valence-corrected chi connectivity index (χ3v) is 3.55. The maximum Gasteiger partial charge on any atom is 0.269 e. The van der Waals surface area contributed by atoms with Gasteiger partial charge in [0, 0.05) is 31.3 Å². The van der Waals surface area contributed by atoms with E-state index in [4.69, 9.17) is 5.73 Å². The van der Waals surface area contributed by atoms with Crippen molar-refractivity contribution < 1.29 is 4.92 Å². The van der Waals surface area contributed by atoms with Crippen LogP contribution in [-0.2, 0) is 6.54 Å². The van der Waals surface area contributed by atoms with Gasteiger partial charge in [-0.1, -0.05) is 12.1 Å². The summed E-state index contributed by atoms with van der Waals surface area (Å²) >= 11 is 0. The van der Waals surface area contributed by atoms with Crippen LogP contribution in [-0.4, -0.2) is 29.5 Å². The average Bonchev–Trinajstić information content (AvgIpc) is 3.15. The molecule has 98 valence electrons. The molecule has 1 aromatic rings. The fourth-order valence-corrected chi connectivity index (χ4v) is 2.34. The quantitative estimate of drug-likeness (QED) is 0.616. The first-order valence-corrected chi connectivity index (χ1v) is 6.25. The Bertz CT molecular complexity index is 415. The third-order valence-electron chi connectivity index (χ3n) is 3.55. The van der Waals surface area contributed by atoms with Crippen molar-refractivity contribution in [2.45, 2.75) is 25.4 Å². The number of likely N-dealkylation sites (N-methyl/N-ethyl adjacent to an activating group) is 1. The summed E-state index contributed by atoms with van der Waals surface area (Å²) in [7, 11) is 2.07. The van der Waals surface area contributed by atoms with Crippen molar-refractivity contribution in [3.8, 4) is 0 Å². The summed E-state index contributed by atoms with van der Waals surface area (Å²) in [5, 5.41) is 10.6. The average molecular weight is 249 g/mol. The van der Waals surface area contributed by atoms with Crippen molar-refractivity contribution in [3.63, 3.8) is 0 Å². The number of nitro groups is 1. The molecule has 0 bridgehead atoms. The molecular weight excluding hydrogens is 230 g/mol. The van der Waals surface area contributed by atoms with Gasteiger partial charge in [-0.05, 0) is 31.4 Å². The Morgan fingerprint density at radius 2 is 2.06 bits per heavy atom. The summed E-state index contributed by atoms with van der Waals surface area (Å²) in [6.07, 6.45) is 2.54. The van der Waals surface area contributed by atoms with Crippen LogP contribution in [0.3, 0.4) is 0 Å². The van der Waals surface area contributed by atoms with Gasteiger partial charge in [-0.15, -0.1) is 0 Å². The van der Waals surface area contributed by atoms with Gasteiger partial charge in [0.15, 0.2) is 0 Å². The van der Waals surface area contributed by atoms with Crippen LogP contribution in [0.5, 0.6) is 0 Å². The van der Waals surface area contributed by atoms with E-state index in [-0.39, 0.29) is 10.6 Å². The minimum atomic E-state index is -0.375. The molecule has 0 radical (unpaired) electrons. The topological polar surface area (TPSA) is 72.4 Å². The largest absolute Gasteiger partial charge is 0.329 e. The second-order valence-electron chi connectivity index (χ2n) is 4.98. The number of non-ortho nitro benzene ring substituents is 1. The zero-order valence-corrected chi connectivity index (χ0v) is 10.6. The highest BCUT2D eigenvalue weighted by Crippen LogP contribution is 2.34. The fraction of sp³-hybridized carbons (Fsp3) is 0.538. The summed E-state index contributed by atoms with van der Waals surface area (Å²) < 4.78 is 0. The van der Waals surface area contributed by atoms with Gasteiger partial charge in [0.1, 0.15) is 0 Å². The Morgan fingerprint density at radius 1 is 1.44 bits per heavy atom. The van der Waals surface area contributed by atoms with Crippen LogP contribution in [0, 0.1) is 16.0 Å². The van der Waals surface area contributed by atoms with E-state index in [1.54, 1.807) is 12.1 Å². The van der Waals surface area contributed by atoms with E-state index in [0.717, 1.165) is 18.0 Å². The van der Waals surface area contributed by atoms with E-state index >= 15 is 0 Å². The third kappa shape index (κ3) is 3.05. The summed E-state index contributed by atoms with van der Waals surface area (Å²) in [5.74, 6) is 0.734. The molecule has 1 fully saturated rings. The minimum absolute atomic E-state index is 0.138. The summed E-state index contributed by atoms with van der Waals surface area (Å²) in [6.45, 7) is 1.46. The van der Waals surface area contributed by atoms with Gasteiger partial charge in [-0.2, -0.15) is 0 Å². The van der Waals surface area contributed by atoms with E-state index < -0.39 is 0 Å². The zero-order valence-electron chi connectivity index (χ0n) is 10.6. The van der Waals surface area contributed by atoms with Gasteiger partial charge < -0.3 is 5.73 Å². The highest BCUT2D eigenvalue weighted by Gasteiger charge is 2.32. The molecule has 1 unspecified atom stereocenters. The molecule has 5 nitrogen and oxygen atoms in total. The highest BCUT2D eigenvalue weighted by molar-refractivity contribution is 5.32. The zero-order chi connectivity index (χ0) is 13.1. The SMILES string of the molecule is CN(Cc1ccc([N+](=O)[O-])cc1)C(CN)C1CC1. The number of benzene rings is 1. The van der Waals surface area contributed by atoms with Crippen molar-refractivity contribution in [2.75, 3.05) is 13.6 Å². The van der Waals surface area contributed by atoms with Crippen LogP contribution < -0.4 is 5.73 Å². The van der Waals surface area contributed by atoms with Gasteiger partial charge in [-0.3, -0.25) is 15.0 Å². The van der Waals surface area contributed by atoms with Crippen LogP contribution in [0.4, 0.5) is 5.69 Å². The molecule has 0 spiro atoms. The number of nitro benzene ring substituents is 1. The van der Waals surface area contributed by atoms with E-state index in [1.807, 2.05) is 12.1 Å². The van der Waals surface area contributed by atoms with Crippen LogP contribution >= 0.6 is 0 Å². The number of nitrogens with zero attached hydrogens (tertiary/aromatic N) is 2. The Hall–Kier alpha value is -1.46. The van der Waals surface area contributed by atoms with Crippen molar-refractivity contribution in [3.05, 3.63) is 39.9 Å². The van der Waals surface area contributed by atoms with Crippen LogP contribution in [0.25, 0.3) is 0 Å². The van der Waals surface area contributed by atoms with Crippen LogP contribution in [0.2, 0.25) is 0 Å². The molecule has 0 heterocycles. The second kappa shape index (κ2) is 5.46. The molecule has 2 N–H and O–H groups in total. The molecule has 2 rings (SSSR count). The van der Waals surface area contributed by atoms with Gasteiger partial charge in [0.05, 0.1) is 4.92 Å². The maximum atomic E-state index is 10.6. The number of hydrogen-bond acceptors (Lipinski definition) is 4. The van der Waals surface area contributed by atoms with Crippen molar-refractivity contribution in [2.24, 2.45) is 11.7 Å². The Balaban J connectivity index is 1.97. The first-order valence-electron chi connectivity index (χ1n) is 6.25. The first kappa shape index (κ1) is 13.0. The minimum Gasteiger partial charge on any atom is -0.329 e. The predicted octanol–water partition coefficient (Wildman–Crippen LogP) is 1.76. The summed E-state index contributed by atoms with van der Waals surface area (Å²) in [5.41, 5.74) is 7.02. The normalized spacial score (nSPS) is 16.8. The van der Waals surface area contributed by atoms with Gasteiger partial charge >= 0.3 is 0 Å². The Labute approximate surface area is 107 Å². The van der Waals surface area contributed by atoms with E-state index in [0.29, 0.717) is 12.6 Å². The van der Waals surface area contributed by atoms with Crippen LogP contribution in [0.15, 0.2) is 24.3 Å². The van der Waals surface area contributed by atoms with Crippen LogP contribution in [0.1, 0.15) is 18.4 Å². The van der Waals surface area contributed by atoms with Gasteiger partial charge in [0.2, 0.25) is 0 Å². The molecule has 0 aromatic heterocycles. The lowest BCUT2D eigenvalue weighted by atomic mass is 10.1. The predicted molar refractivity (Wildman–Crippen MR) is 70.1 cm³/mol. The van der Waals surface area contributed by atoms with Gasteiger partial charge in [-0.25, -0.2) is 0 Å². The molecule has 0 aliphatic heterocycles. The lowest BCUT2D eigenvalue weighted by Gasteiger charge is -2.26. The highest BCUT2D eigenvalue weighted by atomic mass is 16.6. The van der Waals surface area contributed by atoms with Crippen molar-refractivity contribution >= 4 is 5.69 Å². The smallest absolute Gasteiger partial charge is 0.269 e. The summed E-state index contributed by atoms with van der Waals surface area (Å²) in [4.78, 5) is 12.4. The second-order valence-corrected chi connectivity index (χ2v) is 4.98. The number of hydrogen-bond donors (Lipinski definition) is 1. The van der Waals surface area contributed by atoms with E-state index in [2.05, 4.69) is 11.9 Å². The van der Waals surface area contributed by atoms with Crippen molar-refractivity contribution in [1.82, 2.24) is 4.90 Å². The molecular formula is C13H19N3O2. The Kier molecular flexibility index (Phi) is 3.93. The molecule has 5 heteroatoms. The summed E-state index contributed by atoms with van der Waals surface area (Å²) in [6, 6.07) is 7.17. The van der Waals surface area contributed by atoms with E-state index in [1.165, 1.54) is 12.8 Å². The molecule has 0 saturated heterocycles. The molecule has 1 atom stereocenters. The van der Waals surface area contributed by atoms with Crippen molar-refractivity contribution in [1.29, 1.82) is 0 Å². The first-order chi connectivity index (χ1) is 8.61.